The molecule has 136 valence electrons. The molecule has 3 fully saturated rings. The molecule has 1 aliphatic carbocycles. The molecular formula is C20H27FN2O2. The van der Waals surface area contributed by atoms with Gasteiger partial charge in [0.25, 0.3) is 0 Å². The average molecular weight is 346 g/mol. The Morgan fingerprint density at radius 1 is 1.16 bits per heavy atom. The van der Waals surface area contributed by atoms with Crippen LogP contribution in [-0.4, -0.2) is 61.1 Å². The number of rotatable bonds is 4. The van der Waals surface area contributed by atoms with Crippen LogP contribution in [0.3, 0.4) is 0 Å². The maximum atomic E-state index is 14.0. The van der Waals surface area contributed by atoms with E-state index in [9.17, 15) is 9.18 Å². The van der Waals surface area contributed by atoms with Crippen molar-refractivity contribution in [1.82, 2.24) is 9.80 Å². The summed E-state index contributed by atoms with van der Waals surface area (Å²) in [4.78, 5) is 17.6. The van der Waals surface area contributed by atoms with Crippen molar-refractivity contribution in [3.05, 3.63) is 35.6 Å². The van der Waals surface area contributed by atoms with Crippen LogP contribution in [0.1, 0.15) is 37.2 Å². The fourth-order valence-electron chi connectivity index (χ4n) is 4.36. The van der Waals surface area contributed by atoms with E-state index in [0.717, 1.165) is 58.7 Å². The van der Waals surface area contributed by atoms with Gasteiger partial charge in [-0.05, 0) is 43.2 Å². The number of hydrogen-bond acceptors (Lipinski definition) is 3. The smallest absolute Gasteiger partial charge is 0.226 e. The number of amides is 1. The Morgan fingerprint density at radius 3 is 2.76 bits per heavy atom. The molecule has 4 nitrogen and oxygen atoms in total. The van der Waals surface area contributed by atoms with E-state index in [1.165, 1.54) is 12.5 Å². The summed E-state index contributed by atoms with van der Waals surface area (Å²) in [5.41, 5.74) is 0.711. The van der Waals surface area contributed by atoms with Gasteiger partial charge in [-0.25, -0.2) is 4.39 Å². The summed E-state index contributed by atoms with van der Waals surface area (Å²) < 4.78 is 19.4. The fourth-order valence-corrected chi connectivity index (χ4v) is 4.36. The molecule has 5 heteroatoms. The summed E-state index contributed by atoms with van der Waals surface area (Å²) in [7, 11) is 0. The highest BCUT2D eigenvalue weighted by Gasteiger charge is 2.48. The second-order valence-corrected chi connectivity index (χ2v) is 7.56. The summed E-state index contributed by atoms with van der Waals surface area (Å²) >= 11 is 0. The monoisotopic (exact) mass is 346 g/mol. The molecule has 2 aliphatic heterocycles. The maximum Gasteiger partial charge on any atom is 0.226 e. The van der Waals surface area contributed by atoms with Crippen LogP contribution in [0.2, 0.25) is 0 Å². The molecule has 0 unspecified atom stereocenters. The van der Waals surface area contributed by atoms with Crippen LogP contribution in [-0.2, 0) is 9.53 Å². The summed E-state index contributed by atoms with van der Waals surface area (Å²) in [5.74, 6) is 0.111. The molecule has 0 bridgehead atoms. The van der Waals surface area contributed by atoms with Gasteiger partial charge in [0.1, 0.15) is 5.82 Å². The van der Waals surface area contributed by atoms with Crippen molar-refractivity contribution in [1.29, 1.82) is 0 Å². The molecule has 3 aliphatic rings. The van der Waals surface area contributed by atoms with E-state index >= 15 is 0 Å². The van der Waals surface area contributed by atoms with Crippen LogP contribution < -0.4 is 0 Å². The van der Waals surface area contributed by atoms with Crippen molar-refractivity contribution < 1.29 is 13.9 Å². The zero-order valence-corrected chi connectivity index (χ0v) is 14.7. The molecule has 0 spiro atoms. The molecular weight excluding hydrogens is 319 g/mol. The van der Waals surface area contributed by atoms with Gasteiger partial charge in [-0.2, -0.15) is 0 Å². The largest absolute Gasteiger partial charge is 0.379 e. The first kappa shape index (κ1) is 17.0. The van der Waals surface area contributed by atoms with E-state index in [1.54, 1.807) is 6.07 Å². The van der Waals surface area contributed by atoms with Crippen LogP contribution >= 0.6 is 0 Å². The van der Waals surface area contributed by atoms with E-state index in [1.807, 2.05) is 12.1 Å². The predicted octanol–water partition coefficient (Wildman–Crippen LogP) is 2.64. The summed E-state index contributed by atoms with van der Waals surface area (Å²) in [6.45, 7) is 5.30. The van der Waals surface area contributed by atoms with Crippen LogP contribution in [0.15, 0.2) is 24.3 Å². The van der Waals surface area contributed by atoms with E-state index < -0.39 is 0 Å². The molecule has 3 atom stereocenters. The van der Waals surface area contributed by atoms with Crippen LogP contribution in [0, 0.1) is 11.7 Å². The lowest BCUT2D eigenvalue weighted by molar-refractivity contribution is -0.137. The number of morpholine rings is 1. The normalized spacial score (nSPS) is 30.3. The van der Waals surface area contributed by atoms with Crippen LogP contribution in [0.4, 0.5) is 4.39 Å². The topological polar surface area (TPSA) is 32.8 Å². The Morgan fingerprint density at radius 2 is 1.96 bits per heavy atom. The highest BCUT2D eigenvalue weighted by molar-refractivity contribution is 5.83. The molecule has 1 saturated carbocycles. The number of hydrogen-bond donors (Lipinski definition) is 0. The summed E-state index contributed by atoms with van der Waals surface area (Å²) in [6, 6.07) is 7.20. The van der Waals surface area contributed by atoms with Crippen molar-refractivity contribution in [2.45, 2.75) is 37.6 Å². The maximum absolute atomic E-state index is 14.0. The van der Waals surface area contributed by atoms with Crippen LogP contribution in [0.25, 0.3) is 0 Å². The van der Waals surface area contributed by atoms with Gasteiger partial charge in [-0.15, -0.1) is 0 Å². The van der Waals surface area contributed by atoms with Crippen molar-refractivity contribution in [2.75, 3.05) is 39.4 Å². The van der Waals surface area contributed by atoms with Gasteiger partial charge < -0.3 is 9.64 Å². The minimum absolute atomic E-state index is 0.0258. The first-order valence-corrected chi connectivity index (χ1v) is 9.59. The zero-order chi connectivity index (χ0) is 17.2. The molecule has 1 aromatic carbocycles. The Balaban J connectivity index is 1.40. The first-order chi connectivity index (χ1) is 12.2. The first-order valence-electron chi connectivity index (χ1n) is 9.59. The standard InChI is InChI=1S/C20H27FN2O2/c21-19-7-2-1-6-16(19)17-13-18(17)20(24)23-8-4-3-5-15(23)14-22-9-11-25-12-10-22/h1-2,6-7,15,17-18H,3-5,8-14H2/t15-,17-,18-/m1/s1. The number of ether oxygens (including phenoxy) is 1. The van der Waals surface area contributed by atoms with Crippen LogP contribution in [0.5, 0.6) is 0 Å². The minimum atomic E-state index is -0.175. The SMILES string of the molecule is O=C([C@@H]1C[C@@H]1c1ccccc1F)N1CCCC[C@@H]1CN1CCOCC1. The third kappa shape index (κ3) is 3.72. The number of carbonyl (C=O) groups is 1. The lowest BCUT2D eigenvalue weighted by Crippen LogP contribution is -2.51. The molecule has 0 aromatic heterocycles. The van der Waals surface area contributed by atoms with Gasteiger partial charge in [-0.1, -0.05) is 18.2 Å². The van der Waals surface area contributed by atoms with Crippen molar-refractivity contribution in [2.24, 2.45) is 5.92 Å². The van der Waals surface area contributed by atoms with Gasteiger partial charge in [-0.3, -0.25) is 9.69 Å². The van der Waals surface area contributed by atoms with Crippen molar-refractivity contribution >= 4 is 5.91 Å². The fraction of sp³-hybridized carbons (Fsp3) is 0.650. The third-order valence-corrected chi connectivity index (χ3v) is 5.90. The molecule has 2 saturated heterocycles. The van der Waals surface area contributed by atoms with E-state index in [2.05, 4.69) is 9.80 Å². The molecule has 25 heavy (non-hydrogen) atoms. The summed E-state index contributed by atoms with van der Waals surface area (Å²) in [5, 5.41) is 0. The lowest BCUT2D eigenvalue weighted by Gasteiger charge is -2.40. The number of halogens is 1. The third-order valence-electron chi connectivity index (χ3n) is 5.90. The molecule has 1 amide bonds. The van der Waals surface area contributed by atoms with Gasteiger partial charge in [0.2, 0.25) is 5.91 Å². The van der Waals surface area contributed by atoms with Crippen molar-refractivity contribution in [3.63, 3.8) is 0 Å². The number of carbonyl (C=O) groups excluding carboxylic acids is 1. The Labute approximate surface area is 148 Å². The quantitative estimate of drug-likeness (QED) is 0.840. The number of benzene rings is 1. The minimum Gasteiger partial charge on any atom is -0.379 e. The highest BCUT2D eigenvalue weighted by atomic mass is 19.1. The number of nitrogens with zero attached hydrogens (tertiary/aromatic N) is 2. The summed E-state index contributed by atoms with van der Waals surface area (Å²) in [6.07, 6.45) is 4.16. The lowest BCUT2D eigenvalue weighted by atomic mass is 10.00. The Bertz CT molecular complexity index is 617. The zero-order valence-electron chi connectivity index (χ0n) is 14.7. The molecule has 0 N–H and O–H groups in total. The second-order valence-electron chi connectivity index (χ2n) is 7.56. The highest BCUT2D eigenvalue weighted by Crippen LogP contribution is 2.49. The second kappa shape index (κ2) is 7.42. The average Bonchev–Trinajstić information content (AvgIpc) is 3.43. The van der Waals surface area contributed by atoms with Gasteiger partial charge in [0.15, 0.2) is 0 Å². The number of piperidine rings is 1. The van der Waals surface area contributed by atoms with E-state index in [4.69, 9.17) is 4.74 Å². The Kier molecular flexibility index (Phi) is 5.04. The molecule has 4 rings (SSSR count). The predicted molar refractivity (Wildman–Crippen MR) is 93.9 cm³/mol. The van der Waals surface area contributed by atoms with E-state index in [0.29, 0.717) is 11.6 Å². The molecule has 1 aromatic rings. The number of likely N-dealkylation sites (tertiary alicyclic amines) is 1. The van der Waals surface area contributed by atoms with Gasteiger partial charge in [0, 0.05) is 38.1 Å². The van der Waals surface area contributed by atoms with E-state index in [-0.39, 0.29) is 23.6 Å². The molecule has 2 heterocycles. The van der Waals surface area contributed by atoms with Gasteiger partial charge in [0.05, 0.1) is 13.2 Å². The van der Waals surface area contributed by atoms with Gasteiger partial charge >= 0.3 is 0 Å². The van der Waals surface area contributed by atoms with Crippen molar-refractivity contribution in [3.8, 4) is 0 Å². The molecule has 0 radical (unpaired) electrons. The Hall–Kier alpha value is -1.46.